The Morgan fingerprint density at radius 2 is 1.70 bits per heavy atom. The molecular formula is C19H11ClN6S. The first-order chi connectivity index (χ1) is 13.3. The number of benzene rings is 2. The van der Waals surface area contributed by atoms with Crippen LogP contribution in [0, 0.1) is 11.3 Å². The lowest BCUT2D eigenvalue weighted by Gasteiger charge is -2.10. The third-order valence-electron chi connectivity index (χ3n) is 3.70. The number of para-hydroxylation sites is 1. The van der Waals surface area contributed by atoms with Gasteiger partial charge in [-0.15, -0.1) is 10.2 Å². The molecule has 0 saturated heterocycles. The van der Waals surface area contributed by atoms with E-state index in [0.29, 0.717) is 21.0 Å². The SMILES string of the molecule is N#Cc1cnc(Sc2nnc(-c3ccccc3Cl)n2-c2ccccc2)cn1. The highest BCUT2D eigenvalue weighted by atomic mass is 35.5. The van der Waals surface area contributed by atoms with Gasteiger partial charge in [0.1, 0.15) is 11.1 Å². The minimum Gasteiger partial charge on any atom is -0.270 e. The third-order valence-corrected chi connectivity index (χ3v) is 4.90. The van der Waals surface area contributed by atoms with Crippen molar-refractivity contribution < 1.29 is 0 Å². The first kappa shape index (κ1) is 17.2. The summed E-state index contributed by atoms with van der Waals surface area (Å²) in [5, 5.41) is 19.4. The van der Waals surface area contributed by atoms with Crippen molar-refractivity contribution in [2.75, 3.05) is 0 Å². The van der Waals surface area contributed by atoms with Crippen molar-refractivity contribution in [2.24, 2.45) is 0 Å². The van der Waals surface area contributed by atoms with Gasteiger partial charge < -0.3 is 0 Å². The van der Waals surface area contributed by atoms with Crippen molar-refractivity contribution >= 4 is 23.4 Å². The zero-order chi connectivity index (χ0) is 18.6. The lowest BCUT2D eigenvalue weighted by Crippen LogP contribution is -2.00. The van der Waals surface area contributed by atoms with Gasteiger partial charge in [0.2, 0.25) is 5.16 Å². The first-order valence-electron chi connectivity index (χ1n) is 7.92. The van der Waals surface area contributed by atoms with E-state index in [4.69, 9.17) is 16.9 Å². The van der Waals surface area contributed by atoms with Crippen molar-refractivity contribution in [3.8, 4) is 23.1 Å². The van der Waals surface area contributed by atoms with Crippen LogP contribution in [0.1, 0.15) is 5.69 Å². The molecule has 0 radical (unpaired) electrons. The molecule has 0 aliphatic heterocycles. The molecule has 0 saturated carbocycles. The lowest BCUT2D eigenvalue weighted by molar-refractivity contribution is 0.881. The number of nitrogens with zero attached hydrogens (tertiary/aromatic N) is 6. The molecule has 0 unspecified atom stereocenters. The summed E-state index contributed by atoms with van der Waals surface area (Å²) in [5.74, 6) is 0.635. The van der Waals surface area contributed by atoms with Gasteiger partial charge in [-0.05, 0) is 36.0 Å². The largest absolute Gasteiger partial charge is 0.270 e. The molecule has 2 aromatic carbocycles. The summed E-state index contributed by atoms with van der Waals surface area (Å²) in [7, 11) is 0. The zero-order valence-electron chi connectivity index (χ0n) is 13.8. The Kier molecular flexibility index (Phi) is 4.83. The number of hydrogen-bond acceptors (Lipinski definition) is 6. The number of rotatable bonds is 4. The van der Waals surface area contributed by atoms with Crippen LogP contribution in [-0.2, 0) is 0 Å². The fraction of sp³-hybridized carbons (Fsp3) is 0. The number of hydrogen-bond donors (Lipinski definition) is 0. The molecule has 4 aromatic rings. The quantitative estimate of drug-likeness (QED) is 0.513. The molecule has 0 N–H and O–H groups in total. The smallest absolute Gasteiger partial charge is 0.202 e. The molecule has 0 atom stereocenters. The summed E-state index contributed by atoms with van der Waals surface area (Å²) < 4.78 is 1.92. The highest BCUT2D eigenvalue weighted by Crippen LogP contribution is 2.33. The fourth-order valence-corrected chi connectivity index (χ4v) is 3.47. The molecule has 27 heavy (non-hydrogen) atoms. The van der Waals surface area contributed by atoms with E-state index >= 15 is 0 Å². The van der Waals surface area contributed by atoms with E-state index in [1.165, 1.54) is 18.0 Å². The van der Waals surface area contributed by atoms with Gasteiger partial charge in [-0.3, -0.25) is 4.57 Å². The maximum Gasteiger partial charge on any atom is 0.202 e. The minimum atomic E-state index is 0.264. The van der Waals surface area contributed by atoms with Gasteiger partial charge in [0.25, 0.3) is 0 Å². The second kappa shape index (κ2) is 7.58. The van der Waals surface area contributed by atoms with Gasteiger partial charge in [-0.2, -0.15) is 5.26 Å². The Morgan fingerprint density at radius 3 is 2.41 bits per heavy atom. The summed E-state index contributed by atoms with van der Waals surface area (Å²) in [6, 6.07) is 19.2. The van der Waals surface area contributed by atoms with Crippen LogP contribution in [0.25, 0.3) is 17.1 Å². The van der Waals surface area contributed by atoms with Crippen LogP contribution in [0.2, 0.25) is 5.02 Å². The average molecular weight is 391 g/mol. The van der Waals surface area contributed by atoms with Gasteiger partial charge in [-0.1, -0.05) is 41.9 Å². The van der Waals surface area contributed by atoms with Crippen molar-refractivity contribution in [3.05, 3.63) is 77.7 Å². The predicted octanol–water partition coefficient (Wildman–Crippen LogP) is 4.40. The van der Waals surface area contributed by atoms with E-state index < -0.39 is 0 Å². The summed E-state index contributed by atoms with van der Waals surface area (Å²) in [5.41, 5.74) is 1.95. The Bertz CT molecular complexity index is 1120. The van der Waals surface area contributed by atoms with Crippen LogP contribution in [0.3, 0.4) is 0 Å². The predicted molar refractivity (Wildman–Crippen MR) is 103 cm³/mol. The van der Waals surface area contributed by atoms with Gasteiger partial charge in [0, 0.05) is 11.3 Å². The van der Waals surface area contributed by atoms with E-state index in [-0.39, 0.29) is 5.69 Å². The minimum absolute atomic E-state index is 0.264. The first-order valence-corrected chi connectivity index (χ1v) is 9.11. The summed E-state index contributed by atoms with van der Waals surface area (Å²) in [6.45, 7) is 0. The molecule has 0 aliphatic rings. The van der Waals surface area contributed by atoms with Crippen LogP contribution in [0.4, 0.5) is 0 Å². The second-order valence-corrected chi connectivity index (χ2v) is 6.81. The van der Waals surface area contributed by atoms with E-state index in [0.717, 1.165) is 11.3 Å². The molecular weight excluding hydrogens is 380 g/mol. The van der Waals surface area contributed by atoms with Gasteiger partial charge in [0.05, 0.1) is 17.4 Å². The monoisotopic (exact) mass is 390 g/mol. The second-order valence-electron chi connectivity index (χ2n) is 5.41. The van der Waals surface area contributed by atoms with Gasteiger partial charge >= 0.3 is 0 Å². The van der Waals surface area contributed by atoms with Gasteiger partial charge in [0.15, 0.2) is 11.5 Å². The van der Waals surface area contributed by atoms with E-state index in [1.807, 2.05) is 65.2 Å². The Labute approximate surface area is 164 Å². The highest BCUT2D eigenvalue weighted by Gasteiger charge is 2.18. The molecule has 0 spiro atoms. The summed E-state index contributed by atoms with van der Waals surface area (Å²) >= 11 is 7.69. The number of nitriles is 1. The van der Waals surface area contributed by atoms with Crippen molar-refractivity contribution in [1.82, 2.24) is 24.7 Å². The van der Waals surface area contributed by atoms with Crippen molar-refractivity contribution in [1.29, 1.82) is 5.26 Å². The molecule has 0 bridgehead atoms. The molecule has 0 fully saturated rings. The van der Waals surface area contributed by atoms with E-state index in [2.05, 4.69) is 20.2 Å². The molecule has 4 rings (SSSR count). The number of aromatic nitrogens is 5. The normalized spacial score (nSPS) is 10.5. The number of halogens is 1. The molecule has 8 heteroatoms. The zero-order valence-corrected chi connectivity index (χ0v) is 15.4. The summed E-state index contributed by atoms with van der Waals surface area (Å²) in [6.07, 6.45) is 2.98. The van der Waals surface area contributed by atoms with Crippen LogP contribution in [0.5, 0.6) is 0 Å². The maximum atomic E-state index is 8.87. The Balaban J connectivity index is 1.82. The highest BCUT2D eigenvalue weighted by molar-refractivity contribution is 7.99. The van der Waals surface area contributed by atoms with Crippen molar-refractivity contribution in [3.63, 3.8) is 0 Å². The topological polar surface area (TPSA) is 80.3 Å². The fourth-order valence-electron chi connectivity index (χ4n) is 2.48. The van der Waals surface area contributed by atoms with Crippen LogP contribution >= 0.6 is 23.4 Å². The Morgan fingerprint density at radius 1 is 0.926 bits per heavy atom. The van der Waals surface area contributed by atoms with E-state index in [9.17, 15) is 0 Å². The molecule has 130 valence electrons. The van der Waals surface area contributed by atoms with Crippen LogP contribution < -0.4 is 0 Å². The Hall–Kier alpha value is -3.21. The van der Waals surface area contributed by atoms with Crippen LogP contribution in [-0.4, -0.2) is 24.7 Å². The van der Waals surface area contributed by atoms with Crippen LogP contribution in [0.15, 0.2) is 77.2 Å². The average Bonchev–Trinajstić information content (AvgIpc) is 3.13. The van der Waals surface area contributed by atoms with E-state index in [1.54, 1.807) is 6.20 Å². The third kappa shape index (κ3) is 3.53. The van der Waals surface area contributed by atoms with Crippen molar-refractivity contribution in [2.45, 2.75) is 10.2 Å². The molecule has 6 nitrogen and oxygen atoms in total. The maximum absolute atomic E-state index is 8.87. The molecule has 0 aliphatic carbocycles. The lowest BCUT2D eigenvalue weighted by atomic mass is 10.2. The molecule has 0 amide bonds. The van der Waals surface area contributed by atoms with Gasteiger partial charge in [-0.25, -0.2) is 9.97 Å². The molecule has 2 heterocycles. The summed E-state index contributed by atoms with van der Waals surface area (Å²) in [4.78, 5) is 8.30. The molecule has 2 aromatic heterocycles. The standard InChI is InChI=1S/C19H11ClN6S/c20-16-9-5-4-8-15(16)18-24-25-19(26(18)14-6-2-1-3-7-14)27-17-12-22-13(10-21)11-23-17/h1-9,11-12H.